The van der Waals surface area contributed by atoms with E-state index in [1.54, 1.807) is 0 Å². The minimum Gasteiger partial charge on any atom is -0.294 e. The van der Waals surface area contributed by atoms with Gasteiger partial charge in [-0.1, -0.05) is 143 Å². The number of rotatable bonds is 6. The zero-order valence-electron chi connectivity index (χ0n) is 37.2. The van der Waals surface area contributed by atoms with Crippen molar-refractivity contribution in [2.45, 2.75) is 115 Å². The van der Waals surface area contributed by atoms with Crippen molar-refractivity contribution < 1.29 is 4.79 Å². The van der Waals surface area contributed by atoms with Gasteiger partial charge in [0.05, 0.1) is 0 Å². The number of carbonyl (C=O) groups is 1. The van der Waals surface area contributed by atoms with Crippen LogP contribution in [0.2, 0.25) is 0 Å². The van der Waals surface area contributed by atoms with E-state index in [-0.39, 0.29) is 11.8 Å². The first kappa shape index (κ1) is 39.6. The van der Waals surface area contributed by atoms with Gasteiger partial charge in [0.1, 0.15) is 0 Å². The molecular formula is C57H60O. The van der Waals surface area contributed by atoms with Gasteiger partial charge >= 0.3 is 0 Å². The molecule has 1 nitrogen and oxygen atoms in total. The maximum atomic E-state index is 15.4. The van der Waals surface area contributed by atoms with Crippen molar-refractivity contribution in [2.75, 3.05) is 0 Å². The van der Waals surface area contributed by atoms with E-state index < -0.39 is 0 Å². The number of carbonyl (C=O) groups excluding carboxylic acids is 1. The van der Waals surface area contributed by atoms with Crippen molar-refractivity contribution >= 4 is 11.9 Å². The van der Waals surface area contributed by atoms with Gasteiger partial charge in [-0.3, -0.25) is 4.79 Å². The highest BCUT2D eigenvalue weighted by molar-refractivity contribution is 6.11. The van der Waals surface area contributed by atoms with E-state index in [4.69, 9.17) is 0 Å². The number of hydrogen-bond acceptors (Lipinski definition) is 1. The number of fused-ring (bicyclic) bond motifs is 3. The van der Waals surface area contributed by atoms with Crippen molar-refractivity contribution in [1.82, 2.24) is 0 Å². The molecule has 3 aliphatic carbocycles. The van der Waals surface area contributed by atoms with Crippen LogP contribution in [0.15, 0.2) is 78.4 Å². The van der Waals surface area contributed by atoms with E-state index in [2.05, 4.69) is 155 Å². The van der Waals surface area contributed by atoms with Gasteiger partial charge in [0.25, 0.3) is 0 Å². The molecule has 2 unspecified atom stereocenters. The summed E-state index contributed by atoms with van der Waals surface area (Å²) in [5, 5.41) is 0. The highest BCUT2D eigenvalue weighted by Gasteiger charge is 2.47. The summed E-state index contributed by atoms with van der Waals surface area (Å²) in [4.78, 5) is 15.4. The standard InChI is InChI=1S/C55H54O.C2H6/c1-28-12-29(2)17-39(16-28)48-37(10)38(11)49(40-18-30(3)13-31(4)19-40)54-46(48)26-43(55(54)56)27-47-52-50(41-20-32(5)14-33(6)21-41)44-24-36(9)25-45(44)51(53(47)52)42-22-34(7)15-35(8)23-42;1-2/h12-24,43,47H,25-27H2,1-11H3;1-2H3. The van der Waals surface area contributed by atoms with Gasteiger partial charge < -0.3 is 0 Å². The molecule has 0 amide bonds. The van der Waals surface area contributed by atoms with Gasteiger partial charge in [-0.25, -0.2) is 0 Å². The minimum atomic E-state index is -0.0933. The SMILES string of the molecule is CC.CC1=Cc2c(c(-c3cc(C)cc(C)c3)c3c(c2-c2cc(C)cc(C)c2)C3CC2Cc3c(c(-c4cc(C)cc(C)c4)c(C)c(C)c3-c3cc(C)cc(C)c3)C2=O)C1. The first-order valence-electron chi connectivity index (χ1n) is 21.6. The van der Waals surface area contributed by atoms with Gasteiger partial charge in [0, 0.05) is 17.4 Å². The van der Waals surface area contributed by atoms with E-state index in [1.807, 2.05) is 13.8 Å². The van der Waals surface area contributed by atoms with Crippen molar-refractivity contribution in [1.29, 1.82) is 0 Å². The second-order valence-corrected chi connectivity index (χ2v) is 18.0. The number of ketones is 1. The smallest absolute Gasteiger partial charge is 0.167 e. The molecule has 0 saturated carbocycles. The molecule has 2 atom stereocenters. The molecule has 6 aromatic rings. The lowest BCUT2D eigenvalue weighted by Gasteiger charge is -2.21. The summed E-state index contributed by atoms with van der Waals surface area (Å²) in [5.41, 5.74) is 32.4. The highest BCUT2D eigenvalue weighted by atomic mass is 16.1. The lowest BCUT2D eigenvalue weighted by atomic mass is 9.82. The Balaban J connectivity index is 0.00000231. The lowest BCUT2D eigenvalue weighted by Crippen LogP contribution is -2.11. The second kappa shape index (κ2) is 14.8. The van der Waals surface area contributed by atoms with E-state index in [0.29, 0.717) is 5.78 Å². The Morgan fingerprint density at radius 3 is 1.29 bits per heavy atom. The molecule has 0 heterocycles. The normalized spacial score (nSPS) is 16.1. The Bertz CT molecular complexity index is 2670. The van der Waals surface area contributed by atoms with Crippen molar-refractivity contribution in [3.05, 3.63) is 167 Å². The Morgan fingerprint density at radius 2 is 0.828 bits per heavy atom. The molecule has 9 rings (SSSR count). The first-order chi connectivity index (χ1) is 27.7. The van der Waals surface area contributed by atoms with Crippen LogP contribution < -0.4 is 0 Å². The van der Waals surface area contributed by atoms with Gasteiger partial charge in [-0.2, -0.15) is 0 Å². The molecule has 3 aliphatic rings. The molecule has 0 aliphatic heterocycles. The Labute approximate surface area is 348 Å². The van der Waals surface area contributed by atoms with E-state index in [1.165, 1.54) is 128 Å². The molecule has 0 aromatic heterocycles. The molecule has 58 heavy (non-hydrogen) atoms. The molecule has 0 radical (unpaired) electrons. The molecule has 0 bridgehead atoms. The van der Waals surface area contributed by atoms with Gasteiger partial charge in [-0.15, -0.1) is 0 Å². The molecule has 0 spiro atoms. The fourth-order valence-corrected chi connectivity index (χ4v) is 11.1. The van der Waals surface area contributed by atoms with Crippen molar-refractivity contribution in [3.63, 3.8) is 0 Å². The predicted octanol–water partition coefficient (Wildman–Crippen LogP) is 15.3. The second-order valence-electron chi connectivity index (χ2n) is 18.0. The topological polar surface area (TPSA) is 17.1 Å². The molecule has 1 heteroatoms. The Hall–Kier alpha value is -5.27. The lowest BCUT2D eigenvalue weighted by molar-refractivity contribution is 0.0931. The first-order valence-corrected chi connectivity index (χ1v) is 21.6. The molecular weight excluding hydrogens is 701 g/mol. The summed E-state index contributed by atoms with van der Waals surface area (Å²) < 4.78 is 0. The van der Waals surface area contributed by atoms with Crippen LogP contribution >= 0.6 is 0 Å². The fraction of sp³-hybridized carbons (Fsp3) is 0.316. The van der Waals surface area contributed by atoms with Gasteiger partial charge in [0.2, 0.25) is 0 Å². The molecule has 6 aromatic carbocycles. The van der Waals surface area contributed by atoms with Crippen LogP contribution in [-0.2, 0) is 12.8 Å². The maximum absolute atomic E-state index is 15.4. The quantitative estimate of drug-likeness (QED) is 0.165. The number of aryl methyl sites for hydroxylation is 8. The largest absolute Gasteiger partial charge is 0.294 e. The zero-order chi connectivity index (χ0) is 41.5. The van der Waals surface area contributed by atoms with Gasteiger partial charge in [0.15, 0.2) is 5.78 Å². The average Bonchev–Trinajstić information content (AvgIpc) is 3.52. The number of allylic oxidation sites excluding steroid dienone is 1. The van der Waals surface area contributed by atoms with Crippen LogP contribution in [0.3, 0.4) is 0 Å². The van der Waals surface area contributed by atoms with Crippen molar-refractivity contribution in [2.24, 2.45) is 5.92 Å². The van der Waals surface area contributed by atoms with Crippen LogP contribution in [-0.4, -0.2) is 5.78 Å². The monoisotopic (exact) mass is 760 g/mol. The van der Waals surface area contributed by atoms with Crippen LogP contribution in [0.1, 0.15) is 127 Å². The fourth-order valence-electron chi connectivity index (χ4n) is 11.1. The molecule has 0 saturated heterocycles. The average molecular weight is 761 g/mol. The third-order valence-electron chi connectivity index (χ3n) is 13.0. The molecule has 0 fully saturated rings. The third-order valence-corrected chi connectivity index (χ3v) is 13.0. The maximum Gasteiger partial charge on any atom is 0.167 e. The van der Waals surface area contributed by atoms with Gasteiger partial charge in [-0.05, 0) is 179 Å². The van der Waals surface area contributed by atoms with Crippen LogP contribution in [0.4, 0.5) is 0 Å². The van der Waals surface area contributed by atoms with Crippen LogP contribution in [0.25, 0.3) is 50.6 Å². The third kappa shape index (κ3) is 6.71. The van der Waals surface area contributed by atoms with Crippen LogP contribution in [0, 0.1) is 75.2 Å². The van der Waals surface area contributed by atoms with Crippen molar-refractivity contribution in [3.8, 4) is 44.5 Å². The number of Topliss-reactive ketones (excluding diaryl/α,β-unsaturated/α-hetero) is 1. The van der Waals surface area contributed by atoms with E-state index in [9.17, 15) is 0 Å². The van der Waals surface area contributed by atoms with E-state index >= 15 is 4.79 Å². The molecule has 294 valence electrons. The summed E-state index contributed by atoms with van der Waals surface area (Å²) in [7, 11) is 0. The predicted molar refractivity (Wildman–Crippen MR) is 249 cm³/mol. The Morgan fingerprint density at radius 1 is 0.448 bits per heavy atom. The Kier molecular flexibility index (Phi) is 10.1. The number of hydrogen-bond donors (Lipinski definition) is 0. The van der Waals surface area contributed by atoms with E-state index in [0.717, 1.165) is 30.4 Å². The molecule has 0 N–H and O–H groups in total. The minimum absolute atomic E-state index is 0.0933. The van der Waals surface area contributed by atoms with Crippen LogP contribution in [0.5, 0.6) is 0 Å². The summed E-state index contributed by atoms with van der Waals surface area (Å²) >= 11 is 0. The highest BCUT2D eigenvalue weighted by Crippen LogP contribution is 2.62. The summed E-state index contributed by atoms with van der Waals surface area (Å²) in [6.07, 6.45) is 5.04. The summed E-state index contributed by atoms with van der Waals surface area (Å²) in [6, 6.07) is 27.8. The summed E-state index contributed by atoms with van der Waals surface area (Å²) in [5.74, 6) is 0.467. The zero-order valence-corrected chi connectivity index (χ0v) is 37.2. The number of benzene rings is 6. The summed E-state index contributed by atoms with van der Waals surface area (Å²) in [6.45, 7) is 28.4.